The van der Waals surface area contributed by atoms with Gasteiger partial charge in [-0.2, -0.15) is 14.6 Å². The van der Waals surface area contributed by atoms with Crippen molar-refractivity contribution in [2.45, 2.75) is 19.8 Å². The smallest absolute Gasteiger partial charge is 0.254 e. The second-order valence-electron chi connectivity index (χ2n) is 4.83. The van der Waals surface area contributed by atoms with Crippen molar-refractivity contribution in [1.29, 1.82) is 0 Å². The predicted octanol–water partition coefficient (Wildman–Crippen LogP) is 0.844. The van der Waals surface area contributed by atoms with E-state index in [4.69, 9.17) is 0 Å². The topological polar surface area (TPSA) is 67.1 Å². The van der Waals surface area contributed by atoms with Gasteiger partial charge >= 0.3 is 0 Å². The third kappa shape index (κ3) is 2.28. The number of aryl methyl sites for hydroxylation is 1. The van der Waals surface area contributed by atoms with Gasteiger partial charge in [0.15, 0.2) is 0 Å². The number of nitrogens with one attached hydrogen (secondary N) is 2. The van der Waals surface area contributed by atoms with Gasteiger partial charge in [0.1, 0.15) is 12.1 Å². The summed E-state index contributed by atoms with van der Waals surface area (Å²) in [6, 6.07) is 2.02. The second-order valence-corrected chi connectivity index (χ2v) is 4.83. The van der Waals surface area contributed by atoms with E-state index in [2.05, 4.69) is 25.7 Å². The maximum Gasteiger partial charge on any atom is 0.254 e. The number of rotatable bonds is 3. The fourth-order valence-electron chi connectivity index (χ4n) is 2.39. The predicted molar refractivity (Wildman–Crippen MR) is 69.6 cm³/mol. The largest absolute Gasteiger partial charge is 0.370 e. The Balaban J connectivity index is 1.75. The van der Waals surface area contributed by atoms with E-state index in [1.54, 1.807) is 4.52 Å². The number of hydrogen-bond donors (Lipinski definition) is 2. The molecule has 3 heterocycles. The maximum absolute atomic E-state index is 4.33. The highest BCUT2D eigenvalue weighted by molar-refractivity contribution is 5.44. The number of fused-ring (bicyclic) bond motifs is 1. The van der Waals surface area contributed by atoms with Gasteiger partial charge in [-0.25, -0.2) is 4.98 Å². The van der Waals surface area contributed by atoms with Crippen LogP contribution in [-0.4, -0.2) is 39.2 Å². The molecule has 1 fully saturated rings. The molecule has 1 aliphatic heterocycles. The first-order valence-electron chi connectivity index (χ1n) is 6.45. The van der Waals surface area contributed by atoms with Gasteiger partial charge in [-0.1, -0.05) is 0 Å². The standard InChI is InChI=1S/C12H18N6/c1-9-6-11(18-12(17-9)15-8-16-18)14-7-10-2-4-13-5-3-10/h6,8,10,13-14H,2-5,7H2,1H3. The van der Waals surface area contributed by atoms with Crippen LogP contribution in [0.15, 0.2) is 12.4 Å². The van der Waals surface area contributed by atoms with E-state index in [1.807, 2.05) is 13.0 Å². The Morgan fingerprint density at radius 1 is 1.44 bits per heavy atom. The molecule has 0 bridgehead atoms. The van der Waals surface area contributed by atoms with Crippen molar-refractivity contribution in [2.24, 2.45) is 5.92 Å². The third-order valence-corrected chi connectivity index (χ3v) is 3.41. The average Bonchev–Trinajstić information content (AvgIpc) is 2.85. The quantitative estimate of drug-likeness (QED) is 0.840. The van der Waals surface area contributed by atoms with E-state index in [1.165, 1.54) is 19.2 Å². The molecule has 0 radical (unpaired) electrons. The lowest BCUT2D eigenvalue weighted by atomic mass is 9.98. The first kappa shape index (κ1) is 11.4. The minimum absolute atomic E-state index is 0.655. The van der Waals surface area contributed by atoms with Crippen molar-refractivity contribution in [3.05, 3.63) is 18.1 Å². The molecule has 96 valence electrons. The Labute approximate surface area is 106 Å². The highest BCUT2D eigenvalue weighted by atomic mass is 15.3. The molecule has 3 rings (SSSR count). The number of aromatic nitrogens is 4. The monoisotopic (exact) mass is 246 g/mol. The number of nitrogens with zero attached hydrogens (tertiary/aromatic N) is 4. The Hall–Kier alpha value is -1.69. The highest BCUT2D eigenvalue weighted by Gasteiger charge is 2.13. The molecule has 0 aromatic carbocycles. The van der Waals surface area contributed by atoms with Crippen LogP contribution < -0.4 is 10.6 Å². The van der Waals surface area contributed by atoms with E-state index < -0.39 is 0 Å². The van der Waals surface area contributed by atoms with Gasteiger partial charge < -0.3 is 10.6 Å². The van der Waals surface area contributed by atoms with E-state index in [0.717, 1.165) is 37.1 Å². The Kier molecular flexibility index (Phi) is 3.10. The molecule has 0 amide bonds. The Morgan fingerprint density at radius 2 is 2.28 bits per heavy atom. The summed E-state index contributed by atoms with van der Waals surface area (Å²) in [6.45, 7) is 5.21. The summed E-state index contributed by atoms with van der Waals surface area (Å²) in [5.74, 6) is 2.37. The number of anilines is 1. The third-order valence-electron chi connectivity index (χ3n) is 3.41. The summed E-state index contributed by atoms with van der Waals surface area (Å²) in [7, 11) is 0. The van der Waals surface area contributed by atoms with Gasteiger partial charge in [0, 0.05) is 18.3 Å². The van der Waals surface area contributed by atoms with E-state index in [-0.39, 0.29) is 0 Å². The molecule has 6 nitrogen and oxygen atoms in total. The Bertz CT molecular complexity index is 528. The van der Waals surface area contributed by atoms with Crippen LogP contribution >= 0.6 is 0 Å². The molecule has 18 heavy (non-hydrogen) atoms. The lowest BCUT2D eigenvalue weighted by Gasteiger charge is -2.23. The van der Waals surface area contributed by atoms with Crippen molar-refractivity contribution in [2.75, 3.05) is 25.0 Å². The Morgan fingerprint density at radius 3 is 3.11 bits per heavy atom. The molecule has 1 saturated heterocycles. The van der Waals surface area contributed by atoms with Crippen molar-refractivity contribution >= 4 is 11.6 Å². The van der Waals surface area contributed by atoms with Crippen LogP contribution in [-0.2, 0) is 0 Å². The lowest BCUT2D eigenvalue weighted by molar-refractivity contribution is 0.389. The van der Waals surface area contributed by atoms with Gasteiger partial charge in [0.05, 0.1) is 0 Å². The first-order valence-corrected chi connectivity index (χ1v) is 6.45. The SMILES string of the molecule is Cc1cc(NCC2CCNCC2)n2ncnc2n1. The van der Waals surface area contributed by atoms with Crippen molar-refractivity contribution < 1.29 is 0 Å². The van der Waals surface area contributed by atoms with Crippen LogP contribution in [0.4, 0.5) is 5.82 Å². The van der Waals surface area contributed by atoms with E-state index >= 15 is 0 Å². The molecule has 6 heteroatoms. The zero-order valence-corrected chi connectivity index (χ0v) is 10.6. The summed E-state index contributed by atoms with van der Waals surface area (Å²) < 4.78 is 1.76. The second kappa shape index (κ2) is 4.89. The molecular formula is C12H18N6. The summed E-state index contributed by atoms with van der Waals surface area (Å²) in [5, 5.41) is 11.1. The van der Waals surface area contributed by atoms with Crippen molar-refractivity contribution in [1.82, 2.24) is 24.9 Å². The molecule has 2 aromatic rings. The summed E-state index contributed by atoms with van der Waals surface area (Å²) in [4.78, 5) is 8.46. The molecule has 2 N–H and O–H groups in total. The maximum atomic E-state index is 4.33. The van der Waals surface area contributed by atoms with Crippen LogP contribution in [0, 0.1) is 12.8 Å². The zero-order chi connectivity index (χ0) is 12.4. The molecule has 0 atom stereocenters. The van der Waals surface area contributed by atoms with Gasteiger partial charge in [0.2, 0.25) is 0 Å². The molecule has 0 unspecified atom stereocenters. The minimum Gasteiger partial charge on any atom is -0.370 e. The molecular weight excluding hydrogens is 228 g/mol. The first-order chi connectivity index (χ1) is 8.83. The van der Waals surface area contributed by atoms with Gasteiger partial charge in [-0.15, -0.1) is 0 Å². The van der Waals surface area contributed by atoms with Gasteiger partial charge in [-0.3, -0.25) is 0 Å². The number of hydrogen-bond acceptors (Lipinski definition) is 5. The number of piperidine rings is 1. The molecule has 0 saturated carbocycles. The average molecular weight is 246 g/mol. The summed E-state index contributed by atoms with van der Waals surface area (Å²) in [5.41, 5.74) is 0.961. The van der Waals surface area contributed by atoms with Crippen molar-refractivity contribution in [3.8, 4) is 0 Å². The van der Waals surface area contributed by atoms with Crippen LogP contribution in [0.1, 0.15) is 18.5 Å². The van der Waals surface area contributed by atoms with Crippen molar-refractivity contribution in [3.63, 3.8) is 0 Å². The normalized spacial score (nSPS) is 17.2. The van der Waals surface area contributed by atoms with Crippen LogP contribution in [0.5, 0.6) is 0 Å². The molecule has 2 aromatic heterocycles. The van der Waals surface area contributed by atoms with Crippen LogP contribution in [0.2, 0.25) is 0 Å². The van der Waals surface area contributed by atoms with Gasteiger partial charge in [0.25, 0.3) is 5.78 Å². The fourth-order valence-corrected chi connectivity index (χ4v) is 2.39. The zero-order valence-electron chi connectivity index (χ0n) is 10.6. The highest BCUT2D eigenvalue weighted by Crippen LogP contribution is 2.15. The molecule has 0 spiro atoms. The summed E-state index contributed by atoms with van der Waals surface area (Å²) >= 11 is 0. The van der Waals surface area contributed by atoms with Gasteiger partial charge in [-0.05, 0) is 38.8 Å². The molecule has 0 aliphatic carbocycles. The van der Waals surface area contributed by atoms with Crippen LogP contribution in [0.3, 0.4) is 0 Å². The van der Waals surface area contributed by atoms with Crippen LogP contribution in [0.25, 0.3) is 5.78 Å². The lowest BCUT2D eigenvalue weighted by Crippen LogP contribution is -2.31. The minimum atomic E-state index is 0.655. The fraction of sp³-hybridized carbons (Fsp3) is 0.583. The van der Waals surface area contributed by atoms with E-state index in [9.17, 15) is 0 Å². The molecule has 1 aliphatic rings. The summed E-state index contributed by atoms with van der Waals surface area (Å²) in [6.07, 6.45) is 4.01. The van der Waals surface area contributed by atoms with E-state index in [0.29, 0.717) is 5.78 Å².